The molecule has 2 aromatic rings. The maximum atomic E-state index is 11.5. The van der Waals surface area contributed by atoms with Gasteiger partial charge in [0, 0.05) is 29.0 Å². The molecule has 1 aliphatic rings. The Hall–Kier alpha value is -2.30. The number of rotatable bonds is 4. The van der Waals surface area contributed by atoms with Gasteiger partial charge >= 0.3 is 0 Å². The number of nitrogens with two attached hydrogens (primary N) is 2. The van der Waals surface area contributed by atoms with E-state index in [-0.39, 0.29) is 12.5 Å². The number of nitrogens with zero attached hydrogens (tertiary/aromatic N) is 2. The molecule has 0 bridgehead atoms. The lowest BCUT2D eigenvalue weighted by molar-refractivity contribution is -0.116. The van der Waals surface area contributed by atoms with E-state index in [4.69, 9.17) is 11.5 Å². The topological polar surface area (TPSA) is 85.2 Å². The van der Waals surface area contributed by atoms with E-state index in [9.17, 15) is 4.79 Å². The van der Waals surface area contributed by atoms with Gasteiger partial charge in [0.1, 0.15) is 0 Å². The summed E-state index contributed by atoms with van der Waals surface area (Å²) in [5.41, 5.74) is 13.8. The molecular weight excluding hydrogens is 264 g/mol. The van der Waals surface area contributed by atoms with Gasteiger partial charge in [-0.25, -0.2) is 0 Å². The standard InChI is InChI=1S/C16H20N4O/c17-11-5-6-13-14(9-11)19-8-7-15(13)20(10-16(18)21)12-3-1-2-4-12/h5-9,12H,1-4,10,17H2,(H2,18,21). The fourth-order valence-corrected chi connectivity index (χ4v) is 3.20. The number of primary amides is 1. The molecule has 0 unspecified atom stereocenters. The molecule has 1 saturated carbocycles. The van der Waals surface area contributed by atoms with Crippen molar-refractivity contribution >= 4 is 28.2 Å². The third-order valence-corrected chi connectivity index (χ3v) is 4.14. The van der Waals surface area contributed by atoms with Crippen molar-refractivity contribution in [2.45, 2.75) is 31.7 Å². The molecule has 5 nitrogen and oxygen atoms in total. The van der Waals surface area contributed by atoms with Crippen molar-refractivity contribution in [1.29, 1.82) is 0 Å². The Morgan fingerprint density at radius 1 is 1.29 bits per heavy atom. The molecule has 1 amide bonds. The van der Waals surface area contributed by atoms with Gasteiger partial charge in [-0.15, -0.1) is 0 Å². The number of carbonyl (C=O) groups excluding carboxylic acids is 1. The Labute approximate surface area is 123 Å². The summed E-state index contributed by atoms with van der Waals surface area (Å²) in [7, 11) is 0. The zero-order chi connectivity index (χ0) is 14.8. The molecule has 1 aliphatic carbocycles. The van der Waals surface area contributed by atoms with E-state index in [1.165, 1.54) is 12.8 Å². The number of carbonyl (C=O) groups is 1. The van der Waals surface area contributed by atoms with Crippen LogP contribution in [0.4, 0.5) is 11.4 Å². The SMILES string of the molecule is NC(=O)CN(c1ccnc2cc(N)ccc12)C1CCCC1. The summed E-state index contributed by atoms with van der Waals surface area (Å²) in [5.74, 6) is -0.303. The van der Waals surface area contributed by atoms with Gasteiger partial charge in [0.25, 0.3) is 0 Å². The maximum absolute atomic E-state index is 11.5. The molecule has 0 saturated heterocycles. The molecule has 4 N–H and O–H groups in total. The summed E-state index contributed by atoms with van der Waals surface area (Å²) in [5, 5.41) is 1.01. The molecule has 1 aromatic carbocycles. The van der Waals surface area contributed by atoms with E-state index in [1.807, 2.05) is 24.3 Å². The number of hydrogen-bond donors (Lipinski definition) is 2. The first-order chi connectivity index (χ1) is 10.1. The monoisotopic (exact) mass is 284 g/mol. The van der Waals surface area contributed by atoms with E-state index in [0.717, 1.165) is 29.4 Å². The lowest BCUT2D eigenvalue weighted by Crippen LogP contribution is -2.40. The molecule has 21 heavy (non-hydrogen) atoms. The first-order valence-electron chi connectivity index (χ1n) is 7.34. The van der Waals surface area contributed by atoms with Crippen LogP contribution in [-0.2, 0) is 4.79 Å². The average molecular weight is 284 g/mol. The summed E-state index contributed by atoms with van der Waals surface area (Å²) in [6, 6.07) is 8.02. The number of pyridine rings is 1. The number of hydrogen-bond acceptors (Lipinski definition) is 4. The van der Waals surface area contributed by atoms with Gasteiger partial charge in [-0.1, -0.05) is 12.8 Å². The molecule has 110 valence electrons. The zero-order valence-electron chi connectivity index (χ0n) is 12.0. The van der Waals surface area contributed by atoms with Gasteiger partial charge in [-0.3, -0.25) is 9.78 Å². The second-order valence-electron chi connectivity index (χ2n) is 5.64. The molecule has 0 spiro atoms. The van der Waals surface area contributed by atoms with Crippen LogP contribution < -0.4 is 16.4 Å². The predicted octanol–water partition coefficient (Wildman–Crippen LogP) is 2.05. The summed E-state index contributed by atoms with van der Waals surface area (Å²) in [6.45, 7) is 0.244. The molecule has 0 atom stereocenters. The maximum Gasteiger partial charge on any atom is 0.236 e. The van der Waals surface area contributed by atoms with Crippen molar-refractivity contribution in [1.82, 2.24) is 4.98 Å². The second-order valence-corrected chi connectivity index (χ2v) is 5.64. The highest BCUT2D eigenvalue weighted by Crippen LogP contribution is 2.32. The minimum absolute atomic E-state index is 0.244. The minimum atomic E-state index is -0.303. The Bertz CT molecular complexity index is 664. The number of amides is 1. The largest absolute Gasteiger partial charge is 0.399 e. The number of benzene rings is 1. The molecule has 3 rings (SSSR count). The van der Waals surface area contributed by atoms with E-state index < -0.39 is 0 Å². The smallest absolute Gasteiger partial charge is 0.236 e. The average Bonchev–Trinajstić information content (AvgIpc) is 2.97. The van der Waals surface area contributed by atoms with Crippen LogP contribution in [0.25, 0.3) is 10.9 Å². The molecule has 0 aliphatic heterocycles. The molecular formula is C16H20N4O. The van der Waals surface area contributed by atoms with Gasteiger partial charge in [0.15, 0.2) is 0 Å². The predicted molar refractivity (Wildman–Crippen MR) is 85.0 cm³/mol. The van der Waals surface area contributed by atoms with Crippen LogP contribution in [0.3, 0.4) is 0 Å². The Morgan fingerprint density at radius 2 is 2.05 bits per heavy atom. The van der Waals surface area contributed by atoms with Crippen molar-refractivity contribution < 1.29 is 4.79 Å². The van der Waals surface area contributed by atoms with Crippen molar-refractivity contribution in [2.24, 2.45) is 5.73 Å². The first kappa shape index (κ1) is 13.7. The van der Waals surface area contributed by atoms with Crippen molar-refractivity contribution in [2.75, 3.05) is 17.2 Å². The first-order valence-corrected chi connectivity index (χ1v) is 7.34. The van der Waals surface area contributed by atoms with Crippen LogP contribution in [0.2, 0.25) is 0 Å². The van der Waals surface area contributed by atoms with E-state index in [1.54, 1.807) is 6.20 Å². The summed E-state index contributed by atoms with van der Waals surface area (Å²) >= 11 is 0. The third-order valence-electron chi connectivity index (χ3n) is 4.14. The Morgan fingerprint density at radius 3 is 2.76 bits per heavy atom. The number of nitrogen functional groups attached to an aromatic ring is 1. The molecule has 1 fully saturated rings. The van der Waals surface area contributed by atoms with Crippen LogP contribution in [0.5, 0.6) is 0 Å². The van der Waals surface area contributed by atoms with E-state index in [2.05, 4.69) is 9.88 Å². The molecule has 5 heteroatoms. The molecule has 0 radical (unpaired) electrons. The quantitative estimate of drug-likeness (QED) is 0.841. The Balaban J connectivity index is 2.07. The highest BCUT2D eigenvalue weighted by Gasteiger charge is 2.25. The van der Waals surface area contributed by atoms with Crippen molar-refractivity contribution in [3.63, 3.8) is 0 Å². The van der Waals surface area contributed by atoms with E-state index in [0.29, 0.717) is 11.7 Å². The third kappa shape index (κ3) is 2.77. The Kier molecular flexibility index (Phi) is 3.64. The lowest BCUT2D eigenvalue weighted by Gasteiger charge is -2.30. The van der Waals surface area contributed by atoms with Gasteiger partial charge in [-0.2, -0.15) is 0 Å². The van der Waals surface area contributed by atoms with Crippen LogP contribution in [-0.4, -0.2) is 23.5 Å². The van der Waals surface area contributed by atoms with Gasteiger partial charge in [0.2, 0.25) is 5.91 Å². The number of aromatic nitrogens is 1. The van der Waals surface area contributed by atoms with Gasteiger partial charge < -0.3 is 16.4 Å². The second kappa shape index (κ2) is 5.60. The van der Waals surface area contributed by atoms with Crippen LogP contribution in [0, 0.1) is 0 Å². The minimum Gasteiger partial charge on any atom is -0.399 e. The number of anilines is 2. The molecule has 1 heterocycles. The highest BCUT2D eigenvalue weighted by atomic mass is 16.1. The van der Waals surface area contributed by atoms with Gasteiger partial charge in [-0.05, 0) is 37.1 Å². The molecule has 1 aromatic heterocycles. The lowest BCUT2D eigenvalue weighted by atomic mass is 10.1. The van der Waals surface area contributed by atoms with Crippen LogP contribution in [0.1, 0.15) is 25.7 Å². The zero-order valence-corrected chi connectivity index (χ0v) is 12.0. The van der Waals surface area contributed by atoms with E-state index >= 15 is 0 Å². The van der Waals surface area contributed by atoms with Crippen LogP contribution >= 0.6 is 0 Å². The van der Waals surface area contributed by atoms with Crippen LogP contribution in [0.15, 0.2) is 30.5 Å². The van der Waals surface area contributed by atoms with Crippen molar-refractivity contribution in [3.05, 3.63) is 30.5 Å². The summed E-state index contributed by atoms with van der Waals surface area (Å²) in [4.78, 5) is 18.0. The number of fused-ring (bicyclic) bond motifs is 1. The fraction of sp³-hybridized carbons (Fsp3) is 0.375. The summed E-state index contributed by atoms with van der Waals surface area (Å²) in [6.07, 6.45) is 6.38. The fourth-order valence-electron chi connectivity index (χ4n) is 3.20. The summed E-state index contributed by atoms with van der Waals surface area (Å²) < 4.78 is 0. The normalized spacial score (nSPS) is 15.4. The van der Waals surface area contributed by atoms with Gasteiger partial charge in [0.05, 0.1) is 12.1 Å². The highest BCUT2D eigenvalue weighted by molar-refractivity contribution is 5.94. The van der Waals surface area contributed by atoms with Crippen molar-refractivity contribution in [3.8, 4) is 0 Å².